The number of hydrogen-bond acceptors (Lipinski definition) is 13. The lowest BCUT2D eigenvalue weighted by Crippen LogP contribution is -2.72. The predicted molar refractivity (Wildman–Crippen MR) is 186 cm³/mol. The van der Waals surface area contributed by atoms with Crippen molar-refractivity contribution in [1.29, 1.82) is 0 Å². The first kappa shape index (κ1) is 32.2. The predicted octanol–water partition coefficient (Wildman–Crippen LogP) is 4.08. The van der Waals surface area contributed by atoms with Crippen molar-refractivity contribution in [2.45, 2.75) is 49.5 Å². The molecule has 260 valence electrons. The van der Waals surface area contributed by atoms with Crippen molar-refractivity contribution in [2.75, 3.05) is 61.5 Å². The number of pyridine rings is 1. The number of nitrogen functional groups attached to an aromatic ring is 1. The number of phenols is 1. The van der Waals surface area contributed by atoms with Gasteiger partial charge < -0.3 is 39.7 Å². The van der Waals surface area contributed by atoms with Crippen LogP contribution in [0.1, 0.15) is 36.0 Å². The van der Waals surface area contributed by atoms with Gasteiger partial charge in [0.05, 0.1) is 42.4 Å². The average Bonchev–Trinajstić information content (AvgIpc) is 3.11. The van der Waals surface area contributed by atoms with Crippen LogP contribution in [-0.4, -0.2) is 101 Å². The molecule has 3 N–H and O–H groups in total. The number of piperazine rings is 1. The van der Waals surface area contributed by atoms with Crippen LogP contribution in [0.25, 0.3) is 11.3 Å². The molecule has 3 aliphatic heterocycles. The lowest BCUT2D eigenvalue weighted by atomic mass is 9.90. The van der Waals surface area contributed by atoms with E-state index >= 15 is 0 Å². The topological polar surface area (TPSA) is 149 Å². The molecular formula is C37H41N7O6. The molecule has 1 saturated carbocycles. The first-order chi connectivity index (χ1) is 24.4. The van der Waals surface area contributed by atoms with Crippen LogP contribution >= 0.6 is 0 Å². The lowest BCUT2D eigenvalue weighted by Gasteiger charge is -2.56. The van der Waals surface area contributed by atoms with Gasteiger partial charge in [-0.15, -0.1) is 15.3 Å². The summed E-state index contributed by atoms with van der Waals surface area (Å²) in [5, 5.41) is 20.6. The van der Waals surface area contributed by atoms with Crippen molar-refractivity contribution in [3.05, 3.63) is 84.6 Å². The molecule has 5 heterocycles. The van der Waals surface area contributed by atoms with Crippen LogP contribution in [0.2, 0.25) is 0 Å². The highest BCUT2D eigenvalue weighted by molar-refractivity contribution is 5.89. The third kappa shape index (κ3) is 6.63. The Balaban J connectivity index is 0.839. The van der Waals surface area contributed by atoms with Crippen molar-refractivity contribution in [2.24, 2.45) is 0 Å². The summed E-state index contributed by atoms with van der Waals surface area (Å²) >= 11 is 0. The molecule has 2 aromatic carbocycles. The number of nitrogens with two attached hydrogens (primary N) is 1. The Kier molecular flexibility index (Phi) is 8.85. The highest BCUT2D eigenvalue weighted by Gasteiger charge is 2.48. The molecule has 0 atom stereocenters. The highest BCUT2D eigenvalue weighted by Crippen LogP contribution is 2.39. The summed E-state index contributed by atoms with van der Waals surface area (Å²) in [4.78, 5) is 27.1. The van der Waals surface area contributed by atoms with E-state index in [0.29, 0.717) is 67.9 Å². The number of nitrogens with zero attached hydrogens (tertiary/aromatic N) is 6. The Morgan fingerprint density at radius 3 is 2.44 bits per heavy atom. The minimum Gasteiger partial charge on any atom is -0.507 e. The van der Waals surface area contributed by atoms with E-state index in [2.05, 4.69) is 25.0 Å². The molecule has 50 heavy (non-hydrogen) atoms. The smallest absolute Gasteiger partial charge is 0.357 e. The minimum atomic E-state index is -0.326. The van der Waals surface area contributed by atoms with Crippen LogP contribution in [0.3, 0.4) is 0 Å². The van der Waals surface area contributed by atoms with Gasteiger partial charge in [0.15, 0.2) is 5.82 Å². The summed E-state index contributed by atoms with van der Waals surface area (Å²) in [5.74, 6) is 0.776. The molecule has 0 bridgehead atoms. The molecule has 3 saturated heterocycles. The number of piperidine rings is 1. The second-order valence-corrected chi connectivity index (χ2v) is 13.5. The number of anilines is 3. The number of carbonyl (C=O) groups is 1. The van der Waals surface area contributed by atoms with Gasteiger partial charge in [0.25, 0.3) is 0 Å². The fourth-order valence-corrected chi connectivity index (χ4v) is 7.24. The van der Waals surface area contributed by atoms with Crippen LogP contribution in [0.4, 0.5) is 17.2 Å². The van der Waals surface area contributed by atoms with E-state index in [1.807, 2.05) is 48.5 Å². The zero-order valence-corrected chi connectivity index (χ0v) is 27.8. The molecule has 0 amide bonds. The third-order valence-electron chi connectivity index (χ3n) is 10.1. The number of aromatic hydroxyl groups is 1. The number of hydroxylamine groups is 2. The summed E-state index contributed by atoms with van der Waals surface area (Å²) < 4.78 is 18.5. The molecule has 4 aliphatic rings. The Morgan fingerprint density at radius 1 is 0.900 bits per heavy atom. The first-order valence-corrected chi connectivity index (χ1v) is 17.2. The van der Waals surface area contributed by atoms with Gasteiger partial charge >= 0.3 is 5.97 Å². The number of hydrogen-bond donors (Lipinski definition) is 2. The van der Waals surface area contributed by atoms with Crippen LogP contribution in [0, 0.1) is 0 Å². The molecule has 4 fully saturated rings. The molecule has 2 aromatic heterocycles. The fourth-order valence-electron chi connectivity index (χ4n) is 7.24. The number of benzene rings is 2. The molecular weight excluding hydrogens is 638 g/mol. The SMILES string of the molecule is Nc1nnc(-c2ccccc2O)cc1N1CCN(c2ccnc(OC3CC(OC4CCN(OC(=O)c5ccccc5)CC4)C3)c2)C2(COC2)C1. The maximum Gasteiger partial charge on any atom is 0.357 e. The average molecular weight is 680 g/mol. The van der Waals surface area contributed by atoms with E-state index in [9.17, 15) is 9.90 Å². The van der Waals surface area contributed by atoms with Gasteiger partial charge in [0.1, 0.15) is 17.4 Å². The largest absolute Gasteiger partial charge is 0.507 e. The second kappa shape index (κ2) is 13.7. The minimum absolute atomic E-state index is 0.0490. The first-order valence-electron chi connectivity index (χ1n) is 17.2. The molecule has 0 radical (unpaired) electrons. The lowest BCUT2D eigenvalue weighted by molar-refractivity contribution is -0.161. The zero-order chi connectivity index (χ0) is 34.1. The van der Waals surface area contributed by atoms with E-state index in [4.69, 9.17) is 24.8 Å². The standard InChI is InChI=1S/C37H41N7O6/c38-35-32(21-31(40-41-35)30-8-4-5-9-33(30)45)42-16-17-44(37(22-42)23-47-24-37)26-10-13-39-34(18-26)49-29-19-28(20-29)48-27-11-14-43(15-12-27)50-36(46)25-6-2-1-3-7-25/h1-10,13,18,21,27-29,45H,11-12,14-17,19-20,22-24H2,(H2,38,41). The molecule has 13 heteroatoms. The molecule has 13 nitrogen and oxygen atoms in total. The summed E-state index contributed by atoms with van der Waals surface area (Å²) in [6.45, 7) is 4.62. The maximum absolute atomic E-state index is 12.4. The third-order valence-corrected chi connectivity index (χ3v) is 10.1. The number of para-hydroxylation sites is 1. The van der Waals surface area contributed by atoms with Gasteiger partial charge in [-0.05, 0) is 49.2 Å². The summed E-state index contributed by atoms with van der Waals surface area (Å²) in [7, 11) is 0. The van der Waals surface area contributed by atoms with Gasteiger partial charge in [0.2, 0.25) is 5.88 Å². The Morgan fingerprint density at radius 2 is 1.68 bits per heavy atom. The van der Waals surface area contributed by atoms with Crippen molar-refractivity contribution in [3.63, 3.8) is 0 Å². The number of phenolic OH excluding ortho intramolecular Hbond substituents is 1. The van der Waals surface area contributed by atoms with E-state index in [1.54, 1.807) is 35.5 Å². The van der Waals surface area contributed by atoms with E-state index in [0.717, 1.165) is 43.6 Å². The van der Waals surface area contributed by atoms with E-state index in [1.165, 1.54) is 0 Å². The van der Waals surface area contributed by atoms with Crippen molar-refractivity contribution in [3.8, 4) is 22.9 Å². The van der Waals surface area contributed by atoms with Gasteiger partial charge in [-0.3, -0.25) is 0 Å². The molecule has 1 aliphatic carbocycles. The number of rotatable bonds is 9. The van der Waals surface area contributed by atoms with Crippen LogP contribution < -0.4 is 20.3 Å². The fraction of sp³-hybridized carbons (Fsp3) is 0.405. The number of ether oxygens (including phenoxy) is 3. The number of aromatic nitrogens is 3. The normalized spacial score (nSPS) is 22.1. The van der Waals surface area contributed by atoms with E-state index in [-0.39, 0.29) is 35.6 Å². The van der Waals surface area contributed by atoms with Crippen LogP contribution in [-0.2, 0) is 14.3 Å². The second-order valence-electron chi connectivity index (χ2n) is 13.5. The summed E-state index contributed by atoms with van der Waals surface area (Å²) in [6, 6.07) is 22.1. The Labute approximate surface area is 290 Å². The monoisotopic (exact) mass is 679 g/mol. The van der Waals surface area contributed by atoms with Gasteiger partial charge in [0, 0.05) is 69.1 Å². The quantitative estimate of drug-likeness (QED) is 0.262. The Hall–Kier alpha value is -4.98. The van der Waals surface area contributed by atoms with Crippen LogP contribution in [0.5, 0.6) is 11.6 Å². The number of carbonyl (C=O) groups excluding carboxylic acids is 1. The Bertz CT molecular complexity index is 1810. The van der Waals surface area contributed by atoms with Crippen molar-refractivity contribution < 1.29 is 28.9 Å². The summed E-state index contributed by atoms with van der Waals surface area (Å²) in [6.07, 6.45) is 5.40. The maximum atomic E-state index is 12.4. The molecule has 1 spiro atoms. The summed E-state index contributed by atoms with van der Waals surface area (Å²) in [5.41, 5.74) is 9.67. The van der Waals surface area contributed by atoms with Crippen molar-refractivity contribution >= 4 is 23.2 Å². The van der Waals surface area contributed by atoms with E-state index < -0.39 is 0 Å². The molecule has 4 aromatic rings. The molecule has 0 unspecified atom stereocenters. The highest BCUT2D eigenvalue weighted by atomic mass is 16.7. The van der Waals surface area contributed by atoms with Gasteiger partial charge in [-0.1, -0.05) is 30.3 Å². The van der Waals surface area contributed by atoms with Gasteiger partial charge in [-0.25, -0.2) is 9.78 Å². The van der Waals surface area contributed by atoms with Crippen molar-refractivity contribution in [1.82, 2.24) is 20.2 Å². The van der Waals surface area contributed by atoms with Gasteiger partial charge in [-0.2, -0.15) is 0 Å². The molecule has 8 rings (SSSR count). The zero-order valence-electron chi connectivity index (χ0n) is 27.8. The van der Waals surface area contributed by atoms with Crippen LogP contribution in [0.15, 0.2) is 79.0 Å².